The maximum atomic E-state index is 12.3. The van der Waals surface area contributed by atoms with Crippen molar-refractivity contribution < 1.29 is 14.7 Å². The molecule has 22 heavy (non-hydrogen) atoms. The number of nitrogens with zero attached hydrogens (tertiary/aromatic N) is 1. The second-order valence-corrected chi connectivity index (χ2v) is 5.96. The zero-order valence-electron chi connectivity index (χ0n) is 13.3. The van der Waals surface area contributed by atoms with E-state index in [1.54, 1.807) is 0 Å². The summed E-state index contributed by atoms with van der Waals surface area (Å²) in [6, 6.07) is 6.22. The van der Waals surface area contributed by atoms with E-state index in [4.69, 9.17) is 5.11 Å². The van der Waals surface area contributed by atoms with E-state index >= 15 is 0 Å². The van der Waals surface area contributed by atoms with Crippen molar-refractivity contribution in [3.8, 4) is 0 Å². The van der Waals surface area contributed by atoms with Crippen LogP contribution in [0.4, 0.5) is 5.69 Å². The van der Waals surface area contributed by atoms with Gasteiger partial charge >= 0.3 is 5.97 Å². The molecule has 0 bridgehead atoms. The molecule has 0 atom stereocenters. The molecule has 1 aromatic rings. The normalized spacial score (nSPS) is 13.8. The third kappa shape index (κ3) is 4.33. The van der Waals surface area contributed by atoms with Crippen molar-refractivity contribution in [1.29, 1.82) is 0 Å². The number of rotatable bonds is 7. The van der Waals surface area contributed by atoms with Crippen LogP contribution in [0.3, 0.4) is 0 Å². The van der Waals surface area contributed by atoms with E-state index in [0.29, 0.717) is 12.8 Å². The molecule has 0 spiro atoms. The van der Waals surface area contributed by atoms with Crippen molar-refractivity contribution in [3.63, 3.8) is 0 Å². The van der Waals surface area contributed by atoms with E-state index in [9.17, 15) is 9.59 Å². The molecule has 120 valence electrons. The summed E-state index contributed by atoms with van der Waals surface area (Å²) < 4.78 is 0. The van der Waals surface area contributed by atoms with Crippen molar-refractivity contribution in [2.24, 2.45) is 0 Å². The lowest BCUT2D eigenvalue weighted by molar-refractivity contribution is -0.137. The number of carbonyl (C=O) groups excluding carboxylic acids is 1. The third-order valence-corrected chi connectivity index (χ3v) is 4.16. The second-order valence-electron chi connectivity index (χ2n) is 5.96. The van der Waals surface area contributed by atoms with Crippen LogP contribution < -0.4 is 4.90 Å². The van der Waals surface area contributed by atoms with Crippen LogP contribution in [0, 0.1) is 0 Å². The molecule has 4 nitrogen and oxygen atoms in total. The summed E-state index contributed by atoms with van der Waals surface area (Å²) in [4.78, 5) is 24.8. The summed E-state index contributed by atoms with van der Waals surface area (Å²) in [5, 5.41) is 8.71. The van der Waals surface area contributed by atoms with Crippen LogP contribution in [0.2, 0.25) is 0 Å². The van der Waals surface area contributed by atoms with Crippen molar-refractivity contribution in [3.05, 3.63) is 29.3 Å². The quantitative estimate of drug-likeness (QED) is 0.838. The molecular formula is C18H25NO3. The lowest BCUT2D eigenvalue weighted by Gasteiger charge is -2.30. The Morgan fingerprint density at radius 2 is 2.05 bits per heavy atom. The Kier molecular flexibility index (Phi) is 5.99. The molecule has 0 radical (unpaired) electrons. The number of amides is 1. The maximum Gasteiger partial charge on any atom is 0.303 e. The predicted molar refractivity (Wildman–Crippen MR) is 87.2 cm³/mol. The summed E-state index contributed by atoms with van der Waals surface area (Å²) in [6.45, 7) is 2.91. The fraction of sp³-hybridized carbons (Fsp3) is 0.556. The van der Waals surface area contributed by atoms with E-state index in [0.717, 1.165) is 44.3 Å². The molecular weight excluding hydrogens is 278 g/mol. The number of aryl methyl sites for hydroxylation is 2. The number of hydrogen-bond acceptors (Lipinski definition) is 2. The first-order valence-electron chi connectivity index (χ1n) is 8.25. The summed E-state index contributed by atoms with van der Waals surface area (Å²) in [7, 11) is 0. The summed E-state index contributed by atoms with van der Waals surface area (Å²) in [5.41, 5.74) is 3.45. The Morgan fingerprint density at radius 3 is 2.77 bits per heavy atom. The number of carboxylic acids is 1. The average molecular weight is 303 g/mol. The largest absolute Gasteiger partial charge is 0.481 e. The number of carboxylic acid groups (broad SMARTS) is 1. The monoisotopic (exact) mass is 303 g/mol. The molecule has 1 amide bonds. The minimum absolute atomic E-state index is 0.207. The first kappa shape index (κ1) is 16.5. The number of unbranched alkanes of at least 4 members (excludes halogenated alkanes) is 1. The number of carbonyl (C=O) groups is 2. The highest BCUT2D eigenvalue weighted by Gasteiger charge is 2.22. The molecule has 1 N–H and O–H groups in total. The molecule has 0 aliphatic carbocycles. The maximum absolute atomic E-state index is 12.3. The minimum atomic E-state index is -0.745. The number of fused-ring (bicyclic) bond motifs is 1. The lowest BCUT2D eigenvalue weighted by atomic mass is 9.97. The average Bonchev–Trinajstić information content (AvgIpc) is 2.51. The smallest absolute Gasteiger partial charge is 0.303 e. The Labute approximate surface area is 132 Å². The highest BCUT2D eigenvalue weighted by Crippen LogP contribution is 2.29. The second kappa shape index (κ2) is 7.97. The number of benzene rings is 1. The van der Waals surface area contributed by atoms with E-state index in [1.165, 1.54) is 11.1 Å². The molecule has 0 aromatic heterocycles. The zero-order chi connectivity index (χ0) is 15.9. The van der Waals surface area contributed by atoms with Gasteiger partial charge in [-0.15, -0.1) is 0 Å². The number of hydrogen-bond donors (Lipinski definition) is 1. The van der Waals surface area contributed by atoms with Gasteiger partial charge in [0, 0.05) is 25.1 Å². The van der Waals surface area contributed by atoms with E-state index in [-0.39, 0.29) is 12.3 Å². The van der Waals surface area contributed by atoms with Crippen molar-refractivity contribution in [2.75, 3.05) is 11.4 Å². The van der Waals surface area contributed by atoms with Gasteiger partial charge in [-0.25, -0.2) is 0 Å². The molecule has 1 heterocycles. The lowest BCUT2D eigenvalue weighted by Crippen LogP contribution is -2.35. The highest BCUT2D eigenvalue weighted by atomic mass is 16.4. The Bertz CT molecular complexity index is 539. The van der Waals surface area contributed by atoms with E-state index in [2.05, 4.69) is 13.0 Å². The SMILES string of the molecule is CCCCC(=O)N1CCCc2cc(CCCC(=O)O)ccc21. The summed E-state index contributed by atoms with van der Waals surface area (Å²) in [6.07, 6.45) is 6.25. The first-order chi connectivity index (χ1) is 10.6. The Hall–Kier alpha value is -1.84. The van der Waals surface area contributed by atoms with E-state index < -0.39 is 5.97 Å². The van der Waals surface area contributed by atoms with Crippen molar-refractivity contribution in [1.82, 2.24) is 0 Å². The molecule has 0 saturated carbocycles. The van der Waals surface area contributed by atoms with Crippen molar-refractivity contribution in [2.45, 2.75) is 58.3 Å². The fourth-order valence-corrected chi connectivity index (χ4v) is 2.97. The Morgan fingerprint density at radius 1 is 1.23 bits per heavy atom. The number of anilines is 1. The topological polar surface area (TPSA) is 57.6 Å². The molecule has 0 unspecified atom stereocenters. The van der Waals surface area contributed by atoms with Gasteiger partial charge in [0.15, 0.2) is 0 Å². The Balaban J connectivity index is 2.05. The molecule has 0 saturated heterocycles. The van der Waals surface area contributed by atoms with Crippen LogP contribution in [-0.2, 0) is 22.4 Å². The minimum Gasteiger partial charge on any atom is -0.481 e. The predicted octanol–water partition coefficient (Wildman–Crippen LogP) is 3.56. The highest BCUT2D eigenvalue weighted by molar-refractivity contribution is 5.94. The van der Waals surface area contributed by atoms with Gasteiger partial charge in [0.25, 0.3) is 0 Å². The molecule has 1 aromatic carbocycles. The van der Waals surface area contributed by atoms with Crippen LogP contribution in [0.15, 0.2) is 18.2 Å². The van der Waals surface area contributed by atoms with Crippen LogP contribution in [-0.4, -0.2) is 23.5 Å². The van der Waals surface area contributed by atoms with Gasteiger partial charge in [0.1, 0.15) is 0 Å². The van der Waals surface area contributed by atoms with Gasteiger partial charge in [-0.05, 0) is 49.3 Å². The van der Waals surface area contributed by atoms with Gasteiger partial charge in [-0.2, -0.15) is 0 Å². The van der Waals surface area contributed by atoms with Crippen molar-refractivity contribution >= 4 is 17.6 Å². The van der Waals surface area contributed by atoms with Crippen LogP contribution in [0.5, 0.6) is 0 Å². The van der Waals surface area contributed by atoms with Gasteiger partial charge in [-0.3, -0.25) is 9.59 Å². The zero-order valence-corrected chi connectivity index (χ0v) is 13.3. The molecule has 0 fully saturated rings. The van der Waals surface area contributed by atoms with Crippen LogP contribution >= 0.6 is 0 Å². The molecule has 1 aliphatic heterocycles. The van der Waals surface area contributed by atoms with E-state index in [1.807, 2.05) is 17.0 Å². The molecule has 4 heteroatoms. The van der Waals surface area contributed by atoms with Gasteiger partial charge < -0.3 is 10.0 Å². The summed E-state index contributed by atoms with van der Waals surface area (Å²) in [5.74, 6) is -0.521. The molecule has 1 aliphatic rings. The standard InChI is InChI=1S/C18H25NO3/c1-2-3-8-17(20)19-12-5-7-15-13-14(10-11-16(15)19)6-4-9-18(21)22/h10-11,13H,2-9,12H2,1H3,(H,21,22). The van der Waals surface area contributed by atoms with Gasteiger partial charge in [0.2, 0.25) is 5.91 Å². The summed E-state index contributed by atoms with van der Waals surface area (Å²) >= 11 is 0. The van der Waals surface area contributed by atoms with Gasteiger partial charge in [0.05, 0.1) is 0 Å². The number of aliphatic carboxylic acids is 1. The fourth-order valence-electron chi connectivity index (χ4n) is 2.97. The third-order valence-electron chi connectivity index (χ3n) is 4.16. The van der Waals surface area contributed by atoms with Gasteiger partial charge in [-0.1, -0.05) is 25.5 Å². The van der Waals surface area contributed by atoms with Crippen LogP contribution in [0.25, 0.3) is 0 Å². The molecule has 2 rings (SSSR count). The first-order valence-corrected chi connectivity index (χ1v) is 8.25. The van der Waals surface area contributed by atoms with Crippen LogP contribution in [0.1, 0.15) is 56.6 Å².